The minimum Gasteiger partial charge on any atom is -0.256 e. The summed E-state index contributed by atoms with van der Waals surface area (Å²) >= 11 is 0. The van der Waals surface area contributed by atoms with Gasteiger partial charge in [-0.05, 0) is 18.2 Å². The second-order valence-electron chi connectivity index (χ2n) is 2.42. The minimum atomic E-state index is 0.650. The summed E-state index contributed by atoms with van der Waals surface area (Å²) in [7, 11) is 0. The quantitative estimate of drug-likeness (QED) is 0.579. The Balaban J connectivity index is 2.91. The van der Waals surface area contributed by atoms with E-state index in [1.54, 1.807) is 18.3 Å². The molecular weight excluding hydrogens is 148 g/mol. The molecule has 0 spiro atoms. The average Bonchev–Trinajstić information content (AvgIpc) is 2.17. The van der Waals surface area contributed by atoms with Gasteiger partial charge in [0.25, 0.3) is 0 Å². The number of hydrogen-bond donors (Lipinski definition) is 0. The number of benzene rings is 1. The lowest BCUT2D eigenvalue weighted by molar-refractivity contribution is 1.40. The van der Waals surface area contributed by atoms with E-state index < -0.39 is 0 Å². The van der Waals surface area contributed by atoms with E-state index in [0.717, 1.165) is 10.9 Å². The van der Waals surface area contributed by atoms with E-state index in [0.29, 0.717) is 5.56 Å². The SMILES string of the molecule is N#Cc1cccc2nc[c]cc12. The second-order valence-corrected chi connectivity index (χ2v) is 2.42. The van der Waals surface area contributed by atoms with Crippen LogP contribution in [0.15, 0.2) is 30.5 Å². The van der Waals surface area contributed by atoms with Crippen molar-refractivity contribution in [1.82, 2.24) is 4.98 Å². The lowest BCUT2D eigenvalue weighted by Crippen LogP contribution is -1.81. The molecule has 0 atom stereocenters. The van der Waals surface area contributed by atoms with Gasteiger partial charge in [-0.3, -0.25) is 4.98 Å². The molecule has 0 bridgehead atoms. The van der Waals surface area contributed by atoms with Gasteiger partial charge >= 0.3 is 0 Å². The van der Waals surface area contributed by atoms with E-state index in [1.165, 1.54) is 0 Å². The van der Waals surface area contributed by atoms with Gasteiger partial charge in [0.15, 0.2) is 0 Å². The monoisotopic (exact) mass is 153 g/mol. The molecule has 0 saturated carbocycles. The van der Waals surface area contributed by atoms with Crippen molar-refractivity contribution < 1.29 is 0 Å². The molecule has 0 aliphatic heterocycles. The van der Waals surface area contributed by atoms with Crippen LogP contribution in [0.25, 0.3) is 10.9 Å². The summed E-state index contributed by atoms with van der Waals surface area (Å²) in [5.41, 5.74) is 1.49. The van der Waals surface area contributed by atoms with Crippen molar-refractivity contribution in [2.24, 2.45) is 0 Å². The van der Waals surface area contributed by atoms with Crippen LogP contribution in [0.5, 0.6) is 0 Å². The number of rotatable bonds is 0. The third-order valence-corrected chi connectivity index (χ3v) is 1.71. The van der Waals surface area contributed by atoms with Gasteiger partial charge < -0.3 is 0 Å². The second kappa shape index (κ2) is 2.63. The first-order valence-corrected chi connectivity index (χ1v) is 3.57. The van der Waals surface area contributed by atoms with Crippen LogP contribution in [0, 0.1) is 17.4 Å². The number of hydrogen-bond acceptors (Lipinski definition) is 2. The summed E-state index contributed by atoms with van der Waals surface area (Å²) in [5, 5.41) is 9.61. The van der Waals surface area contributed by atoms with Crippen LogP contribution in [0.4, 0.5) is 0 Å². The zero-order valence-corrected chi connectivity index (χ0v) is 6.28. The van der Waals surface area contributed by atoms with E-state index in [-0.39, 0.29) is 0 Å². The highest BCUT2D eigenvalue weighted by Crippen LogP contribution is 2.14. The molecule has 0 aliphatic rings. The topological polar surface area (TPSA) is 36.7 Å². The van der Waals surface area contributed by atoms with Crippen LogP contribution in [0.3, 0.4) is 0 Å². The molecule has 1 aromatic carbocycles. The molecule has 0 saturated heterocycles. The normalized spacial score (nSPS) is 9.58. The van der Waals surface area contributed by atoms with Gasteiger partial charge in [0.1, 0.15) is 0 Å². The molecule has 2 rings (SSSR count). The fraction of sp³-hybridized carbons (Fsp3) is 0. The molecule has 0 aliphatic carbocycles. The molecule has 1 radical (unpaired) electrons. The molecule has 1 aromatic heterocycles. The number of pyridine rings is 1. The van der Waals surface area contributed by atoms with Crippen LogP contribution < -0.4 is 0 Å². The predicted octanol–water partition coefficient (Wildman–Crippen LogP) is 1.91. The smallest absolute Gasteiger partial charge is 0.0998 e. The Hall–Kier alpha value is -1.88. The van der Waals surface area contributed by atoms with E-state index >= 15 is 0 Å². The van der Waals surface area contributed by atoms with Gasteiger partial charge in [-0.2, -0.15) is 5.26 Å². The van der Waals surface area contributed by atoms with Crippen molar-refractivity contribution in [3.05, 3.63) is 42.1 Å². The summed E-state index contributed by atoms with van der Waals surface area (Å²) in [6.07, 6.45) is 1.60. The fourth-order valence-electron chi connectivity index (χ4n) is 1.14. The lowest BCUT2D eigenvalue weighted by Gasteiger charge is -1.95. The molecule has 2 heteroatoms. The Kier molecular flexibility index (Phi) is 1.49. The van der Waals surface area contributed by atoms with Gasteiger partial charge in [-0.25, -0.2) is 0 Å². The highest BCUT2D eigenvalue weighted by Gasteiger charge is 1.97. The minimum absolute atomic E-state index is 0.650. The van der Waals surface area contributed by atoms with Gasteiger partial charge in [-0.15, -0.1) is 0 Å². The summed E-state index contributed by atoms with van der Waals surface area (Å²) in [6, 6.07) is 12.2. The first-order chi connectivity index (χ1) is 5.92. The van der Waals surface area contributed by atoms with Crippen LogP contribution in [0.2, 0.25) is 0 Å². The molecule has 0 N–H and O–H groups in total. The summed E-state index contributed by atoms with van der Waals surface area (Å²) in [6.45, 7) is 0. The lowest BCUT2D eigenvalue weighted by atomic mass is 10.1. The highest BCUT2D eigenvalue weighted by molar-refractivity contribution is 5.84. The molecule has 55 valence electrons. The zero-order chi connectivity index (χ0) is 8.39. The molecule has 0 fully saturated rings. The fourth-order valence-corrected chi connectivity index (χ4v) is 1.14. The summed E-state index contributed by atoms with van der Waals surface area (Å²) in [4.78, 5) is 4.08. The average molecular weight is 153 g/mol. The number of aromatic nitrogens is 1. The Morgan fingerprint density at radius 3 is 3.17 bits per heavy atom. The third kappa shape index (κ3) is 0.923. The summed E-state index contributed by atoms with van der Waals surface area (Å²) in [5.74, 6) is 0. The largest absolute Gasteiger partial charge is 0.256 e. The van der Waals surface area contributed by atoms with Crippen LogP contribution in [-0.2, 0) is 0 Å². The van der Waals surface area contributed by atoms with E-state index in [1.807, 2.05) is 12.1 Å². The van der Waals surface area contributed by atoms with Crippen molar-refractivity contribution in [2.45, 2.75) is 0 Å². The first-order valence-electron chi connectivity index (χ1n) is 3.57. The molecule has 2 aromatic rings. The molecule has 12 heavy (non-hydrogen) atoms. The maximum Gasteiger partial charge on any atom is 0.0998 e. The molecule has 2 nitrogen and oxygen atoms in total. The maximum atomic E-state index is 8.74. The Labute approximate surface area is 70.1 Å². The van der Waals surface area contributed by atoms with E-state index in [2.05, 4.69) is 17.1 Å². The number of nitriles is 1. The van der Waals surface area contributed by atoms with E-state index in [9.17, 15) is 0 Å². The van der Waals surface area contributed by atoms with Crippen molar-refractivity contribution in [2.75, 3.05) is 0 Å². The standard InChI is InChI=1S/C10H5N2/c11-7-8-3-1-5-10-9(8)4-2-6-12-10/h1,3-6H. The van der Waals surface area contributed by atoms with Gasteiger partial charge in [0, 0.05) is 17.6 Å². The maximum absolute atomic E-state index is 8.74. The molecule has 0 unspecified atom stereocenters. The zero-order valence-electron chi connectivity index (χ0n) is 6.28. The van der Waals surface area contributed by atoms with Crippen molar-refractivity contribution in [1.29, 1.82) is 5.26 Å². The first kappa shape index (κ1) is 6.81. The van der Waals surface area contributed by atoms with Crippen LogP contribution in [-0.4, -0.2) is 4.98 Å². The Bertz CT molecular complexity index is 449. The van der Waals surface area contributed by atoms with Crippen molar-refractivity contribution >= 4 is 10.9 Å². The Morgan fingerprint density at radius 2 is 2.33 bits per heavy atom. The number of fused-ring (bicyclic) bond motifs is 1. The Morgan fingerprint density at radius 1 is 1.42 bits per heavy atom. The van der Waals surface area contributed by atoms with E-state index in [4.69, 9.17) is 5.26 Å². The third-order valence-electron chi connectivity index (χ3n) is 1.71. The highest BCUT2D eigenvalue weighted by atomic mass is 14.6. The van der Waals surface area contributed by atoms with Crippen molar-refractivity contribution in [3.8, 4) is 6.07 Å². The number of nitrogens with zero attached hydrogens (tertiary/aromatic N) is 2. The van der Waals surface area contributed by atoms with Crippen LogP contribution >= 0.6 is 0 Å². The molecular formula is C10H5N2. The summed E-state index contributed by atoms with van der Waals surface area (Å²) < 4.78 is 0. The predicted molar refractivity (Wildman–Crippen MR) is 45.3 cm³/mol. The van der Waals surface area contributed by atoms with Gasteiger partial charge in [0.05, 0.1) is 17.1 Å². The van der Waals surface area contributed by atoms with Crippen molar-refractivity contribution in [3.63, 3.8) is 0 Å². The molecule has 1 heterocycles. The molecule has 0 amide bonds. The van der Waals surface area contributed by atoms with Gasteiger partial charge in [0.2, 0.25) is 0 Å². The van der Waals surface area contributed by atoms with Gasteiger partial charge in [-0.1, -0.05) is 6.07 Å². The van der Waals surface area contributed by atoms with Crippen LogP contribution in [0.1, 0.15) is 5.56 Å².